The second kappa shape index (κ2) is 8.77. The molecule has 6 nitrogen and oxygen atoms in total. The van der Waals surface area contributed by atoms with Gasteiger partial charge >= 0.3 is 0 Å². The van der Waals surface area contributed by atoms with E-state index in [9.17, 15) is 9.59 Å². The number of pyridine rings is 1. The fourth-order valence-corrected chi connectivity index (χ4v) is 3.24. The highest BCUT2D eigenvalue weighted by Crippen LogP contribution is 2.13. The van der Waals surface area contributed by atoms with Crippen LogP contribution in [-0.4, -0.2) is 58.8 Å². The van der Waals surface area contributed by atoms with Gasteiger partial charge in [0.2, 0.25) is 5.91 Å². The number of carbonyl (C=O) groups excluding carboxylic acids is 2. The number of carbonyl (C=O) groups is 2. The zero-order chi connectivity index (χ0) is 19.2. The third kappa shape index (κ3) is 4.92. The molecule has 142 valence electrons. The summed E-state index contributed by atoms with van der Waals surface area (Å²) in [5.41, 5.74) is 1.86. The Morgan fingerprint density at radius 3 is 2.52 bits per heavy atom. The van der Waals surface area contributed by atoms with Crippen LogP contribution in [0.3, 0.4) is 0 Å². The van der Waals surface area contributed by atoms with Crippen molar-refractivity contribution in [2.45, 2.75) is 26.3 Å². The molecule has 0 spiro atoms. The van der Waals surface area contributed by atoms with Gasteiger partial charge < -0.3 is 10.2 Å². The molecule has 2 heterocycles. The van der Waals surface area contributed by atoms with Gasteiger partial charge in [0.15, 0.2) is 0 Å². The van der Waals surface area contributed by atoms with Gasteiger partial charge in [0.1, 0.15) is 5.82 Å². The first-order valence-corrected chi connectivity index (χ1v) is 9.36. The summed E-state index contributed by atoms with van der Waals surface area (Å²) in [5, 5.41) is 2.85. The summed E-state index contributed by atoms with van der Waals surface area (Å²) in [6, 6.07) is 12.8. The van der Waals surface area contributed by atoms with Gasteiger partial charge in [-0.3, -0.25) is 14.5 Å². The molecule has 1 aromatic heterocycles. The summed E-state index contributed by atoms with van der Waals surface area (Å²) in [6.07, 6.45) is 2.50. The van der Waals surface area contributed by atoms with Crippen molar-refractivity contribution in [1.29, 1.82) is 0 Å². The highest BCUT2D eigenvalue weighted by atomic mass is 16.2. The number of anilines is 1. The summed E-state index contributed by atoms with van der Waals surface area (Å²) in [6.45, 7) is 6.69. The normalized spacial score (nSPS) is 16.4. The SMILES string of the molecule is Cc1ccc(C(=O)N2CCCN(C(C)C(=O)Nc3ccccn3)CC2)cc1. The van der Waals surface area contributed by atoms with Gasteiger partial charge in [-0.1, -0.05) is 23.8 Å². The Morgan fingerprint density at radius 1 is 1.04 bits per heavy atom. The lowest BCUT2D eigenvalue weighted by Crippen LogP contribution is -2.44. The summed E-state index contributed by atoms with van der Waals surface area (Å²) < 4.78 is 0. The van der Waals surface area contributed by atoms with Crippen molar-refractivity contribution in [3.63, 3.8) is 0 Å². The van der Waals surface area contributed by atoms with Crippen LogP contribution in [0.15, 0.2) is 48.7 Å². The average Bonchev–Trinajstić information content (AvgIpc) is 2.94. The number of hydrogen-bond acceptors (Lipinski definition) is 4. The largest absolute Gasteiger partial charge is 0.337 e. The molecule has 1 aliphatic rings. The van der Waals surface area contributed by atoms with E-state index in [2.05, 4.69) is 15.2 Å². The first-order chi connectivity index (χ1) is 13.0. The van der Waals surface area contributed by atoms with Gasteiger partial charge in [-0.2, -0.15) is 0 Å². The molecule has 2 amide bonds. The second-order valence-electron chi connectivity index (χ2n) is 6.93. The van der Waals surface area contributed by atoms with E-state index in [0.717, 1.165) is 24.1 Å². The van der Waals surface area contributed by atoms with Crippen molar-refractivity contribution in [3.8, 4) is 0 Å². The molecule has 1 unspecified atom stereocenters. The molecule has 0 saturated carbocycles. The molecule has 1 atom stereocenters. The van der Waals surface area contributed by atoms with Gasteiger partial charge in [-0.05, 0) is 44.5 Å². The number of aryl methyl sites for hydroxylation is 1. The maximum absolute atomic E-state index is 12.7. The smallest absolute Gasteiger partial charge is 0.253 e. The van der Waals surface area contributed by atoms with E-state index >= 15 is 0 Å². The quantitative estimate of drug-likeness (QED) is 0.903. The van der Waals surface area contributed by atoms with Crippen LogP contribution in [0, 0.1) is 6.92 Å². The highest BCUT2D eigenvalue weighted by Gasteiger charge is 2.26. The van der Waals surface area contributed by atoms with E-state index in [0.29, 0.717) is 25.5 Å². The van der Waals surface area contributed by atoms with Crippen LogP contribution >= 0.6 is 0 Å². The number of rotatable bonds is 4. The molecule has 1 aliphatic heterocycles. The third-order valence-corrected chi connectivity index (χ3v) is 4.96. The molecular weight excluding hydrogens is 340 g/mol. The molecule has 1 saturated heterocycles. The van der Waals surface area contributed by atoms with E-state index in [4.69, 9.17) is 0 Å². The van der Waals surface area contributed by atoms with Crippen LogP contribution in [-0.2, 0) is 4.79 Å². The molecule has 1 fully saturated rings. The maximum Gasteiger partial charge on any atom is 0.253 e. The minimum atomic E-state index is -0.276. The molecule has 27 heavy (non-hydrogen) atoms. The standard InChI is InChI=1S/C21H26N4O2/c1-16-7-9-18(10-8-16)21(27)25-13-5-12-24(14-15-25)17(2)20(26)23-19-6-3-4-11-22-19/h3-4,6-11,17H,5,12-15H2,1-2H3,(H,22,23,26). The van der Waals surface area contributed by atoms with Crippen molar-refractivity contribution in [2.75, 3.05) is 31.5 Å². The molecule has 1 N–H and O–H groups in total. The summed E-state index contributed by atoms with van der Waals surface area (Å²) in [4.78, 5) is 33.4. The van der Waals surface area contributed by atoms with Crippen LogP contribution in [0.4, 0.5) is 5.82 Å². The molecule has 0 bridgehead atoms. The van der Waals surface area contributed by atoms with Crippen molar-refractivity contribution in [2.24, 2.45) is 0 Å². The minimum absolute atomic E-state index is 0.0578. The first-order valence-electron chi connectivity index (χ1n) is 9.36. The number of hydrogen-bond donors (Lipinski definition) is 1. The predicted molar refractivity (Wildman–Crippen MR) is 106 cm³/mol. The summed E-state index contributed by atoms with van der Waals surface area (Å²) in [5.74, 6) is 0.537. The Balaban J connectivity index is 1.58. The van der Waals surface area contributed by atoms with Crippen LogP contribution in [0.25, 0.3) is 0 Å². The highest BCUT2D eigenvalue weighted by molar-refractivity contribution is 5.94. The lowest BCUT2D eigenvalue weighted by molar-refractivity contribution is -0.120. The van der Waals surface area contributed by atoms with E-state index in [1.807, 2.05) is 55.1 Å². The number of benzene rings is 1. The van der Waals surface area contributed by atoms with E-state index in [1.165, 1.54) is 0 Å². The molecule has 1 aromatic carbocycles. The van der Waals surface area contributed by atoms with Gasteiger partial charge in [0.05, 0.1) is 6.04 Å². The number of nitrogens with zero attached hydrogens (tertiary/aromatic N) is 3. The molecular formula is C21H26N4O2. The minimum Gasteiger partial charge on any atom is -0.337 e. The lowest BCUT2D eigenvalue weighted by Gasteiger charge is -2.26. The molecule has 6 heteroatoms. The summed E-state index contributed by atoms with van der Waals surface area (Å²) >= 11 is 0. The van der Waals surface area contributed by atoms with E-state index in [-0.39, 0.29) is 17.9 Å². The zero-order valence-corrected chi connectivity index (χ0v) is 15.9. The van der Waals surface area contributed by atoms with Crippen molar-refractivity contribution >= 4 is 17.6 Å². The predicted octanol–water partition coefficient (Wildman–Crippen LogP) is 2.57. The maximum atomic E-state index is 12.7. The summed E-state index contributed by atoms with van der Waals surface area (Å²) in [7, 11) is 0. The average molecular weight is 366 g/mol. The first kappa shape index (κ1) is 19.0. The molecule has 0 aliphatic carbocycles. The van der Waals surface area contributed by atoms with Crippen LogP contribution in [0.1, 0.15) is 29.3 Å². The number of aromatic nitrogens is 1. The topological polar surface area (TPSA) is 65.5 Å². The van der Waals surface area contributed by atoms with Crippen LogP contribution in [0.5, 0.6) is 0 Å². The number of amides is 2. The van der Waals surface area contributed by atoms with Gasteiger partial charge in [-0.15, -0.1) is 0 Å². The number of nitrogens with one attached hydrogen (secondary N) is 1. The van der Waals surface area contributed by atoms with Crippen LogP contribution in [0.2, 0.25) is 0 Å². The van der Waals surface area contributed by atoms with Crippen molar-refractivity contribution < 1.29 is 9.59 Å². The van der Waals surface area contributed by atoms with Crippen molar-refractivity contribution in [1.82, 2.24) is 14.8 Å². The monoisotopic (exact) mass is 366 g/mol. The van der Waals surface area contributed by atoms with Crippen molar-refractivity contribution in [3.05, 3.63) is 59.8 Å². The zero-order valence-electron chi connectivity index (χ0n) is 15.9. The fourth-order valence-electron chi connectivity index (χ4n) is 3.24. The molecule has 0 radical (unpaired) electrons. The Bertz CT molecular complexity index is 777. The third-order valence-electron chi connectivity index (χ3n) is 4.96. The lowest BCUT2D eigenvalue weighted by atomic mass is 10.1. The van der Waals surface area contributed by atoms with Gasteiger partial charge in [0, 0.05) is 37.9 Å². The van der Waals surface area contributed by atoms with Gasteiger partial charge in [-0.25, -0.2) is 4.98 Å². The fraction of sp³-hybridized carbons (Fsp3) is 0.381. The Labute approximate surface area is 160 Å². The molecule has 3 rings (SSSR count). The van der Waals surface area contributed by atoms with Gasteiger partial charge in [0.25, 0.3) is 5.91 Å². The Morgan fingerprint density at radius 2 is 1.81 bits per heavy atom. The Kier molecular flexibility index (Phi) is 6.19. The van der Waals surface area contributed by atoms with Crippen LogP contribution < -0.4 is 5.32 Å². The van der Waals surface area contributed by atoms with E-state index in [1.54, 1.807) is 12.3 Å². The Hall–Kier alpha value is -2.73. The second-order valence-corrected chi connectivity index (χ2v) is 6.93. The molecule has 2 aromatic rings. The van der Waals surface area contributed by atoms with E-state index < -0.39 is 0 Å².